The van der Waals surface area contributed by atoms with Crippen LogP contribution < -0.4 is 9.64 Å². The first-order valence-corrected chi connectivity index (χ1v) is 13.3. The van der Waals surface area contributed by atoms with Crippen LogP contribution in [0.2, 0.25) is 0 Å². The van der Waals surface area contributed by atoms with Crippen LogP contribution >= 0.6 is 0 Å². The zero-order chi connectivity index (χ0) is 25.2. The van der Waals surface area contributed by atoms with Crippen molar-refractivity contribution in [1.82, 2.24) is 15.0 Å². The molecule has 1 aromatic heterocycles. The van der Waals surface area contributed by atoms with Crippen molar-refractivity contribution >= 4 is 11.9 Å². The number of hydrogen-bond donors (Lipinski definition) is 0. The molecule has 1 aliphatic carbocycles. The third kappa shape index (κ3) is 5.81. The summed E-state index contributed by atoms with van der Waals surface area (Å²) in [6.45, 7) is 7.10. The molecule has 3 fully saturated rings. The predicted octanol–water partition coefficient (Wildman–Crippen LogP) is 4.77. The monoisotopic (exact) mass is 502 g/mol. The molecule has 7 nitrogen and oxygen atoms in total. The molecule has 1 saturated carbocycles. The summed E-state index contributed by atoms with van der Waals surface area (Å²) in [6, 6.07) is 5.32. The third-order valence-corrected chi connectivity index (χ3v) is 7.95. The normalized spacial score (nSPS) is 24.5. The SMILES string of the molecule is CC(C)c1noc(N2CCC([C@H]3C[C@H]3CCOc3ccc(CC(=O)N4CC[C@@H](F)C4)c(F)c3)CC2)n1. The lowest BCUT2D eigenvalue weighted by Gasteiger charge is -2.30. The molecule has 0 radical (unpaired) electrons. The van der Waals surface area contributed by atoms with Crippen molar-refractivity contribution in [3.63, 3.8) is 0 Å². The number of piperidine rings is 1. The Kier molecular flexibility index (Phi) is 7.44. The molecule has 3 aliphatic rings. The zero-order valence-corrected chi connectivity index (χ0v) is 21.2. The van der Waals surface area contributed by atoms with Crippen LogP contribution in [-0.4, -0.2) is 59.9 Å². The average molecular weight is 503 g/mol. The van der Waals surface area contributed by atoms with Gasteiger partial charge in [-0.05, 0) is 61.5 Å². The number of carbonyl (C=O) groups is 1. The molecule has 0 N–H and O–H groups in total. The summed E-state index contributed by atoms with van der Waals surface area (Å²) in [5.41, 5.74) is 0.323. The lowest BCUT2D eigenvalue weighted by Crippen LogP contribution is -2.34. The van der Waals surface area contributed by atoms with E-state index in [2.05, 4.69) is 28.9 Å². The Morgan fingerprint density at radius 1 is 1.22 bits per heavy atom. The molecule has 0 spiro atoms. The maximum Gasteiger partial charge on any atom is 0.324 e. The Morgan fingerprint density at radius 3 is 2.69 bits per heavy atom. The van der Waals surface area contributed by atoms with Gasteiger partial charge in [-0.25, -0.2) is 8.78 Å². The van der Waals surface area contributed by atoms with Crippen LogP contribution in [0.25, 0.3) is 0 Å². The smallest absolute Gasteiger partial charge is 0.324 e. The second kappa shape index (κ2) is 10.7. The van der Waals surface area contributed by atoms with Crippen molar-refractivity contribution in [2.75, 3.05) is 37.7 Å². The van der Waals surface area contributed by atoms with Crippen LogP contribution in [0.3, 0.4) is 0 Å². The Morgan fingerprint density at radius 2 is 2.03 bits per heavy atom. The number of benzene rings is 1. The first kappa shape index (κ1) is 25.0. The molecule has 1 aromatic carbocycles. The Bertz CT molecular complexity index is 1050. The highest BCUT2D eigenvalue weighted by Crippen LogP contribution is 2.50. The topological polar surface area (TPSA) is 71.7 Å². The first-order chi connectivity index (χ1) is 17.4. The van der Waals surface area contributed by atoms with Gasteiger partial charge >= 0.3 is 6.01 Å². The van der Waals surface area contributed by atoms with Gasteiger partial charge in [0, 0.05) is 31.6 Å². The fourth-order valence-electron chi connectivity index (χ4n) is 5.60. The molecular weight excluding hydrogens is 466 g/mol. The Balaban J connectivity index is 1.02. The largest absolute Gasteiger partial charge is 0.493 e. The van der Waals surface area contributed by atoms with Crippen LogP contribution in [0.1, 0.15) is 63.3 Å². The van der Waals surface area contributed by atoms with Crippen LogP contribution in [0.4, 0.5) is 14.8 Å². The van der Waals surface area contributed by atoms with Crippen molar-refractivity contribution in [2.45, 2.75) is 64.5 Å². The van der Waals surface area contributed by atoms with Gasteiger partial charge in [0.25, 0.3) is 0 Å². The van der Waals surface area contributed by atoms with Crippen molar-refractivity contribution in [3.05, 3.63) is 35.4 Å². The summed E-state index contributed by atoms with van der Waals surface area (Å²) in [5, 5.41) is 4.08. The van der Waals surface area contributed by atoms with Crippen molar-refractivity contribution < 1.29 is 22.8 Å². The number of likely N-dealkylation sites (tertiary alicyclic amines) is 1. The maximum absolute atomic E-state index is 14.5. The van der Waals surface area contributed by atoms with E-state index in [1.165, 1.54) is 17.4 Å². The van der Waals surface area contributed by atoms with Crippen LogP contribution in [0.5, 0.6) is 5.75 Å². The number of carbonyl (C=O) groups excluding carboxylic acids is 1. The molecule has 3 heterocycles. The first-order valence-electron chi connectivity index (χ1n) is 13.3. The second-order valence-corrected chi connectivity index (χ2v) is 10.9. The average Bonchev–Trinajstić information content (AvgIpc) is 3.24. The number of rotatable bonds is 9. The minimum atomic E-state index is -0.969. The number of alkyl halides is 1. The van der Waals surface area contributed by atoms with Gasteiger partial charge in [0.2, 0.25) is 5.91 Å². The highest BCUT2D eigenvalue weighted by molar-refractivity contribution is 5.79. The summed E-state index contributed by atoms with van der Waals surface area (Å²) < 4.78 is 39.1. The van der Waals surface area contributed by atoms with Crippen LogP contribution in [0.15, 0.2) is 22.7 Å². The molecule has 3 atom stereocenters. The highest BCUT2D eigenvalue weighted by Gasteiger charge is 2.43. The van der Waals surface area contributed by atoms with E-state index in [1.54, 1.807) is 12.1 Å². The van der Waals surface area contributed by atoms with Gasteiger partial charge in [-0.15, -0.1) is 0 Å². The summed E-state index contributed by atoms with van der Waals surface area (Å²) in [4.78, 5) is 20.5. The lowest BCUT2D eigenvalue weighted by molar-refractivity contribution is -0.129. The molecule has 36 heavy (non-hydrogen) atoms. The van der Waals surface area contributed by atoms with Gasteiger partial charge in [-0.1, -0.05) is 25.1 Å². The van der Waals surface area contributed by atoms with E-state index >= 15 is 0 Å². The van der Waals surface area contributed by atoms with Crippen molar-refractivity contribution in [1.29, 1.82) is 0 Å². The molecule has 0 unspecified atom stereocenters. The quantitative estimate of drug-likeness (QED) is 0.492. The summed E-state index contributed by atoms with van der Waals surface area (Å²) in [6.07, 6.45) is 3.81. The molecule has 1 amide bonds. The van der Waals surface area contributed by atoms with Gasteiger partial charge < -0.3 is 19.1 Å². The molecule has 2 aliphatic heterocycles. The van der Waals surface area contributed by atoms with E-state index in [-0.39, 0.29) is 24.8 Å². The van der Waals surface area contributed by atoms with Crippen molar-refractivity contribution in [2.24, 2.45) is 17.8 Å². The van der Waals surface area contributed by atoms with Crippen molar-refractivity contribution in [3.8, 4) is 5.75 Å². The molecule has 0 bridgehead atoms. The number of aromatic nitrogens is 2. The van der Waals surface area contributed by atoms with E-state index in [4.69, 9.17) is 9.26 Å². The van der Waals surface area contributed by atoms with Gasteiger partial charge in [-0.2, -0.15) is 4.98 Å². The molecular formula is C27H36F2N4O3. The van der Waals surface area contributed by atoms with Gasteiger partial charge in [0.1, 0.15) is 17.7 Å². The Hall–Kier alpha value is -2.71. The minimum absolute atomic E-state index is 0.0488. The third-order valence-electron chi connectivity index (χ3n) is 7.95. The number of ether oxygens (including phenoxy) is 1. The summed E-state index contributed by atoms with van der Waals surface area (Å²) >= 11 is 0. The number of amides is 1. The summed E-state index contributed by atoms with van der Waals surface area (Å²) in [7, 11) is 0. The minimum Gasteiger partial charge on any atom is -0.493 e. The highest BCUT2D eigenvalue weighted by atomic mass is 19.1. The second-order valence-electron chi connectivity index (χ2n) is 10.9. The zero-order valence-electron chi connectivity index (χ0n) is 21.2. The molecule has 9 heteroatoms. The number of nitrogens with zero attached hydrogens (tertiary/aromatic N) is 4. The van der Waals surface area contributed by atoms with Crippen LogP contribution in [0, 0.1) is 23.6 Å². The van der Waals surface area contributed by atoms with E-state index in [1.807, 2.05) is 0 Å². The summed E-state index contributed by atoms with van der Waals surface area (Å²) in [5.74, 6) is 2.95. The van der Waals surface area contributed by atoms with E-state index < -0.39 is 12.0 Å². The van der Waals surface area contributed by atoms with Gasteiger partial charge in [-0.3, -0.25) is 4.79 Å². The maximum atomic E-state index is 14.5. The van der Waals surface area contributed by atoms with E-state index in [9.17, 15) is 13.6 Å². The van der Waals surface area contributed by atoms with Gasteiger partial charge in [0.15, 0.2) is 5.82 Å². The standard InChI is InChI=1S/C27H36F2N4O3/c1-17(2)26-30-27(36-31-26)32-9-5-18(6-10-32)23-13-19(23)8-12-35-22-4-3-20(24(29)15-22)14-25(34)33-11-7-21(28)16-33/h3-4,15,17-19,21,23H,5-14,16H2,1-2H3/t19-,21-,23-/m1/s1. The lowest BCUT2D eigenvalue weighted by atomic mass is 9.90. The van der Waals surface area contributed by atoms with Gasteiger partial charge in [0.05, 0.1) is 19.6 Å². The number of anilines is 1. The molecule has 2 aromatic rings. The molecule has 2 saturated heterocycles. The van der Waals surface area contributed by atoms with Crippen LogP contribution in [-0.2, 0) is 11.2 Å². The predicted molar refractivity (Wildman–Crippen MR) is 131 cm³/mol. The fourth-order valence-corrected chi connectivity index (χ4v) is 5.60. The fraction of sp³-hybridized carbons (Fsp3) is 0.667. The number of halogens is 2. The van der Waals surface area contributed by atoms with E-state index in [0.717, 1.165) is 50.0 Å². The van der Waals surface area contributed by atoms with E-state index in [0.29, 0.717) is 42.8 Å². The molecule has 196 valence electrons. The molecule has 5 rings (SSSR count). The Labute approximate surface area is 211 Å². The number of hydrogen-bond acceptors (Lipinski definition) is 6.